The molecule has 0 unspecified atom stereocenters. The van der Waals surface area contributed by atoms with Gasteiger partial charge in [0, 0.05) is 28.9 Å². The number of aromatic nitrogens is 1. The zero-order valence-electron chi connectivity index (χ0n) is 15.3. The van der Waals surface area contributed by atoms with E-state index >= 15 is 0 Å². The maximum atomic E-state index is 12.6. The maximum Gasteiger partial charge on any atom is 0.513 e. The molecular weight excluding hydrogens is 348 g/mol. The number of pyridine rings is 1. The van der Waals surface area contributed by atoms with E-state index in [1.807, 2.05) is 19.9 Å². The number of benzene rings is 1. The number of amides is 1. The molecule has 7 heteroatoms. The highest BCUT2D eigenvalue weighted by Crippen LogP contribution is 2.29. The first-order valence-corrected chi connectivity index (χ1v) is 8.49. The monoisotopic (exact) mass is 368 g/mol. The Morgan fingerprint density at radius 3 is 2.74 bits per heavy atom. The second kappa shape index (κ2) is 7.49. The topological polar surface area (TPSA) is 97.5 Å². The van der Waals surface area contributed by atoms with Crippen LogP contribution >= 0.6 is 0 Å². The first-order valence-electron chi connectivity index (χ1n) is 8.49. The summed E-state index contributed by atoms with van der Waals surface area (Å²) in [5.74, 6) is -0.124. The Kier molecular flexibility index (Phi) is 5.12. The Morgan fingerprint density at radius 1 is 1.26 bits per heavy atom. The molecule has 0 bridgehead atoms. The molecule has 140 valence electrons. The fourth-order valence-electron chi connectivity index (χ4n) is 2.93. The molecule has 2 N–H and O–H groups in total. The molecular formula is C20H20N2O5. The number of para-hydroxylation sites is 1. The standard InChI is InChI=1S/C20H20N2O5/c1-11-8-13(9-17(12(11)2)27-20(25)26-3)22-19(24)15-10-21-16-7-5-4-6-14(16)18(15)23/h4-7,9-11H,8H2,1-3H3,(H,21,23)(H,22,24)/t11-/m1/s1. The number of ether oxygens (including phenoxy) is 2. The van der Waals surface area contributed by atoms with Crippen molar-refractivity contribution in [3.8, 4) is 0 Å². The van der Waals surface area contributed by atoms with Gasteiger partial charge in [0.05, 0.1) is 7.11 Å². The third-order valence-electron chi connectivity index (χ3n) is 4.63. The smallest absolute Gasteiger partial charge is 0.437 e. The Morgan fingerprint density at radius 2 is 2.00 bits per heavy atom. The van der Waals surface area contributed by atoms with Crippen LogP contribution in [0.2, 0.25) is 0 Å². The molecule has 27 heavy (non-hydrogen) atoms. The van der Waals surface area contributed by atoms with Gasteiger partial charge in [-0.1, -0.05) is 19.1 Å². The molecule has 2 aromatic rings. The number of hydrogen-bond acceptors (Lipinski definition) is 5. The molecule has 1 aliphatic carbocycles. The minimum absolute atomic E-state index is 0.0176. The van der Waals surface area contributed by atoms with E-state index in [0.717, 1.165) is 5.57 Å². The number of fused-ring (bicyclic) bond motifs is 1. The van der Waals surface area contributed by atoms with E-state index in [2.05, 4.69) is 15.0 Å². The Hall–Kier alpha value is -3.35. The minimum atomic E-state index is -0.827. The average Bonchev–Trinajstić information content (AvgIpc) is 2.66. The lowest BCUT2D eigenvalue weighted by Crippen LogP contribution is -2.30. The number of H-pyrrole nitrogens is 1. The van der Waals surface area contributed by atoms with Crippen molar-refractivity contribution in [2.75, 3.05) is 7.11 Å². The summed E-state index contributed by atoms with van der Waals surface area (Å²) in [6, 6.07) is 6.99. The van der Waals surface area contributed by atoms with E-state index in [4.69, 9.17) is 4.74 Å². The van der Waals surface area contributed by atoms with Gasteiger partial charge in [0.15, 0.2) is 0 Å². The quantitative estimate of drug-likeness (QED) is 0.811. The van der Waals surface area contributed by atoms with Gasteiger partial charge < -0.3 is 19.8 Å². The molecule has 0 saturated heterocycles. The lowest BCUT2D eigenvalue weighted by atomic mass is 9.91. The molecule has 0 spiro atoms. The van der Waals surface area contributed by atoms with Gasteiger partial charge in [-0.3, -0.25) is 9.59 Å². The highest BCUT2D eigenvalue weighted by Gasteiger charge is 2.23. The highest BCUT2D eigenvalue weighted by atomic mass is 16.7. The summed E-state index contributed by atoms with van der Waals surface area (Å²) in [4.78, 5) is 39.6. The van der Waals surface area contributed by atoms with E-state index in [9.17, 15) is 14.4 Å². The molecule has 1 amide bonds. The van der Waals surface area contributed by atoms with Crippen LogP contribution in [-0.2, 0) is 9.47 Å². The zero-order chi connectivity index (χ0) is 19.6. The molecule has 0 fully saturated rings. The van der Waals surface area contributed by atoms with Crippen LogP contribution in [0.25, 0.3) is 10.9 Å². The van der Waals surface area contributed by atoms with Crippen molar-refractivity contribution in [2.45, 2.75) is 20.3 Å². The van der Waals surface area contributed by atoms with Crippen LogP contribution in [0.5, 0.6) is 0 Å². The van der Waals surface area contributed by atoms with Crippen molar-refractivity contribution < 1.29 is 19.1 Å². The van der Waals surface area contributed by atoms with E-state index in [-0.39, 0.29) is 16.9 Å². The Bertz CT molecular complexity index is 1030. The molecule has 0 saturated carbocycles. The zero-order valence-corrected chi connectivity index (χ0v) is 15.3. The van der Waals surface area contributed by atoms with Crippen LogP contribution in [0.3, 0.4) is 0 Å². The second-order valence-electron chi connectivity index (χ2n) is 6.41. The maximum absolute atomic E-state index is 12.6. The minimum Gasteiger partial charge on any atom is -0.437 e. The summed E-state index contributed by atoms with van der Waals surface area (Å²) in [6.07, 6.45) is 2.71. The highest BCUT2D eigenvalue weighted by molar-refractivity contribution is 5.98. The number of rotatable bonds is 3. The van der Waals surface area contributed by atoms with Crippen LogP contribution < -0.4 is 10.7 Å². The van der Waals surface area contributed by atoms with Crippen LogP contribution in [-0.4, -0.2) is 24.2 Å². The van der Waals surface area contributed by atoms with Crippen molar-refractivity contribution in [3.63, 3.8) is 0 Å². The number of carbonyl (C=O) groups excluding carboxylic acids is 2. The van der Waals surface area contributed by atoms with Gasteiger partial charge in [0.25, 0.3) is 5.91 Å². The number of methoxy groups -OCH3 is 1. The summed E-state index contributed by atoms with van der Waals surface area (Å²) >= 11 is 0. The molecule has 0 radical (unpaired) electrons. The summed E-state index contributed by atoms with van der Waals surface area (Å²) in [7, 11) is 1.23. The van der Waals surface area contributed by atoms with Crippen molar-refractivity contribution in [3.05, 3.63) is 69.4 Å². The predicted molar refractivity (Wildman–Crippen MR) is 100 cm³/mol. The van der Waals surface area contributed by atoms with Crippen LogP contribution in [0, 0.1) is 5.92 Å². The van der Waals surface area contributed by atoms with E-state index < -0.39 is 12.1 Å². The van der Waals surface area contributed by atoms with Crippen LogP contribution in [0.1, 0.15) is 30.6 Å². The van der Waals surface area contributed by atoms with Gasteiger partial charge in [-0.05, 0) is 37.0 Å². The number of carbonyl (C=O) groups is 2. The van der Waals surface area contributed by atoms with Crippen LogP contribution in [0.15, 0.2) is 58.4 Å². The Balaban J connectivity index is 1.87. The fraction of sp³-hybridized carbons (Fsp3) is 0.250. The lowest BCUT2D eigenvalue weighted by Gasteiger charge is -2.23. The van der Waals surface area contributed by atoms with Crippen LogP contribution in [0.4, 0.5) is 4.79 Å². The number of aromatic amines is 1. The molecule has 7 nitrogen and oxygen atoms in total. The van der Waals surface area contributed by atoms with Gasteiger partial charge in [0.2, 0.25) is 5.43 Å². The van der Waals surface area contributed by atoms with E-state index in [1.54, 1.807) is 24.3 Å². The first-order chi connectivity index (χ1) is 12.9. The summed E-state index contributed by atoms with van der Waals surface area (Å²) in [5.41, 5.74) is 1.77. The van der Waals surface area contributed by atoms with Gasteiger partial charge in [0.1, 0.15) is 11.3 Å². The number of hydrogen-bond donors (Lipinski definition) is 2. The third kappa shape index (κ3) is 3.76. The Labute approximate surface area is 155 Å². The molecule has 3 rings (SSSR count). The first kappa shape index (κ1) is 18.4. The molecule has 1 aromatic carbocycles. The van der Waals surface area contributed by atoms with E-state index in [0.29, 0.717) is 28.8 Å². The van der Waals surface area contributed by atoms with Crippen molar-refractivity contribution >= 4 is 23.0 Å². The van der Waals surface area contributed by atoms with Gasteiger partial charge in [-0.25, -0.2) is 4.79 Å². The fourth-order valence-corrected chi connectivity index (χ4v) is 2.93. The SMILES string of the molecule is COC(=O)OC1=C(C)[C@H](C)CC(NC(=O)c2c[nH]c3ccccc3c2=O)=C1. The number of allylic oxidation sites excluding steroid dienone is 3. The molecule has 1 heterocycles. The normalized spacial score (nSPS) is 16.7. The summed E-state index contributed by atoms with van der Waals surface area (Å²) in [6.45, 7) is 3.81. The largest absolute Gasteiger partial charge is 0.513 e. The molecule has 1 atom stereocenters. The van der Waals surface area contributed by atoms with Crippen molar-refractivity contribution in [2.24, 2.45) is 5.92 Å². The van der Waals surface area contributed by atoms with Crippen molar-refractivity contribution in [1.29, 1.82) is 0 Å². The van der Waals surface area contributed by atoms with Gasteiger partial charge in [-0.15, -0.1) is 0 Å². The van der Waals surface area contributed by atoms with Crippen molar-refractivity contribution in [1.82, 2.24) is 10.3 Å². The second-order valence-corrected chi connectivity index (χ2v) is 6.41. The number of nitrogens with one attached hydrogen (secondary N) is 2. The van der Waals surface area contributed by atoms with Gasteiger partial charge in [-0.2, -0.15) is 0 Å². The molecule has 1 aromatic heterocycles. The molecule has 1 aliphatic rings. The average molecular weight is 368 g/mol. The summed E-state index contributed by atoms with van der Waals surface area (Å²) in [5, 5.41) is 3.19. The third-order valence-corrected chi connectivity index (χ3v) is 4.63. The summed E-state index contributed by atoms with van der Waals surface area (Å²) < 4.78 is 9.67. The predicted octanol–water partition coefficient (Wildman–Crippen LogP) is 3.24. The van der Waals surface area contributed by atoms with E-state index in [1.165, 1.54) is 13.3 Å². The van der Waals surface area contributed by atoms with Gasteiger partial charge >= 0.3 is 6.16 Å². The lowest BCUT2D eigenvalue weighted by molar-refractivity contribution is 0.0960. The molecule has 0 aliphatic heterocycles.